The van der Waals surface area contributed by atoms with Gasteiger partial charge in [0.25, 0.3) is 7.82 Å². The van der Waals surface area contributed by atoms with Crippen molar-refractivity contribution in [2.24, 2.45) is 0 Å². The number of allylic oxidation sites excluding steroid dienone is 8. The first-order chi connectivity index (χ1) is 27.5. The number of esters is 2. The molecule has 1 rings (SSSR count). The molecule has 0 radical (unpaired) electrons. The molecule has 0 bridgehead atoms. The molecule has 0 aliphatic carbocycles. The number of carbonyl (C=O) groups excluding carboxylic acids is 2. The second-order valence-corrected chi connectivity index (χ2v) is 17.5. The molecule has 1 aliphatic rings. The number of rotatable bonds is 38. The standard InChI is InChI=1S/C46H80NO9P/c1-6-8-10-11-12-13-14-15-16-17-18-22-25-28-32-36-45(48)52-40-42(41-54-57(50,51)53-39-38-47(3,4)5)55-46(49)37-33-29-26-23-20-19-21-24-27-31-35-44-43(56-44)34-30-9-7-2/h9,15-16,19,21,23,26-27,30-31,42-44H,6-8,10-14,17-18,20,22,24-25,28-29,32-41H2,1-5H3/b16-15-,21-19-,26-23-,30-9-,31-27-. The van der Waals surface area contributed by atoms with Gasteiger partial charge in [0.05, 0.1) is 40.0 Å². The number of carbonyl (C=O) groups is 2. The number of epoxide rings is 1. The number of likely N-dealkylation sites (N-methyl/N-ethyl adjacent to an activating group) is 1. The number of unbranched alkanes of at least 4 members (excludes halogenated alkanes) is 12. The SMILES string of the molecule is CC/C=C\CC1OC1C/C=C\C/C=C\C/C=C\CCCC(=O)OC(COC(=O)CCCCCCC/C=C\CCCCCCCC)COP(=O)([O-])OCC[N+](C)(C)C. The Morgan fingerprint density at radius 3 is 1.81 bits per heavy atom. The number of hydrogen-bond acceptors (Lipinski definition) is 9. The Hall–Kier alpha value is -2.33. The molecule has 57 heavy (non-hydrogen) atoms. The molecule has 1 aliphatic heterocycles. The van der Waals surface area contributed by atoms with E-state index < -0.39 is 32.5 Å². The van der Waals surface area contributed by atoms with Gasteiger partial charge in [0.1, 0.15) is 19.8 Å². The lowest BCUT2D eigenvalue weighted by atomic mass is 10.1. The van der Waals surface area contributed by atoms with E-state index in [1.165, 1.54) is 44.9 Å². The van der Waals surface area contributed by atoms with Crippen molar-refractivity contribution in [3.05, 3.63) is 60.8 Å². The molecule has 11 heteroatoms. The second-order valence-electron chi connectivity index (χ2n) is 16.1. The van der Waals surface area contributed by atoms with Gasteiger partial charge < -0.3 is 32.6 Å². The number of nitrogens with zero attached hydrogens (tertiary/aromatic N) is 1. The zero-order valence-electron chi connectivity index (χ0n) is 36.5. The van der Waals surface area contributed by atoms with E-state index in [0.29, 0.717) is 42.5 Å². The Morgan fingerprint density at radius 1 is 0.649 bits per heavy atom. The van der Waals surface area contributed by atoms with Gasteiger partial charge in [0, 0.05) is 12.8 Å². The number of quaternary nitrogens is 1. The first-order valence-electron chi connectivity index (χ1n) is 22.1. The second kappa shape index (κ2) is 34.5. The van der Waals surface area contributed by atoms with Crippen LogP contribution in [0.25, 0.3) is 0 Å². The van der Waals surface area contributed by atoms with Crippen LogP contribution >= 0.6 is 7.82 Å². The van der Waals surface area contributed by atoms with Crippen LogP contribution in [0, 0.1) is 0 Å². The van der Waals surface area contributed by atoms with Crippen LogP contribution in [0.5, 0.6) is 0 Å². The summed E-state index contributed by atoms with van der Waals surface area (Å²) in [6, 6.07) is 0. The van der Waals surface area contributed by atoms with Gasteiger partial charge in [-0.05, 0) is 77.0 Å². The highest BCUT2D eigenvalue weighted by Crippen LogP contribution is 2.38. The van der Waals surface area contributed by atoms with Crippen LogP contribution in [0.4, 0.5) is 0 Å². The van der Waals surface area contributed by atoms with E-state index in [-0.39, 0.29) is 26.1 Å². The van der Waals surface area contributed by atoms with Gasteiger partial charge in [-0.15, -0.1) is 0 Å². The van der Waals surface area contributed by atoms with Gasteiger partial charge in [-0.3, -0.25) is 14.2 Å². The van der Waals surface area contributed by atoms with Gasteiger partial charge in [-0.1, -0.05) is 126 Å². The maximum absolute atomic E-state index is 12.7. The van der Waals surface area contributed by atoms with Gasteiger partial charge >= 0.3 is 11.9 Å². The summed E-state index contributed by atoms with van der Waals surface area (Å²) in [5, 5.41) is 0. The van der Waals surface area contributed by atoms with E-state index in [0.717, 1.165) is 64.2 Å². The average molecular weight is 822 g/mol. The third-order valence-electron chi connectivity index (χ3n) is 9.42. The molecule has 1 saturated heterocycles. The summed E-state index contributed by atoms with van der Waals surface area (Å²) in [6.45, 7) is 4.01. The van der Waals surface area contributed by atoms with Crippen LogP contribution in [-0.4, -0.2) is 82.2 Å². The van der Waals surface area contributed by atoms with Crippen LogP contribution in [-0.2, 0) is 37.4 Å². The van der Waals surface area contributed by atoms with Crippen molar-refractivity contribution in [3.63, 3.8) is 0 Å². The fraction of sp³-hybridized carbons (Fsp3) is 0.739. The predicted octanol–water partition coefficient (Wildman–Crippen LogP) is 10.8. The third-order valence-corrected chi connectivity index (χ3v) is 10.4. The molecule has 0 aromatic carbocycles. The van der Waals surface area contributed by atoms with E-state index >= 15 is 0 Å². The van der Waals surface area contributed by atoms with Crippen LogP contribution in [0.3, 0.4) is 0 Å². The molecule has 0 saturated carbocycles. The summed E-state index contributed by atoms with van der Waals surface area (Å²) in [5.41, 5.74) is 0. The van der Waals surface area contributed by atoms with Crippen LogP contribution in [0.2, 0.25) is 0 Å². The molecule has 4 unspecified atom stereocenters. The van der Waals surface area contributed by atoms with Crippen molar-refractivity contribution in [3.8, 4) is 0 Å². The minimum atomic E-state index is -4.65. The number of ether oxygens (including phenoxy) is 3. The summed E-state index contributed by atoms with van der Waals surface area (Å²) in [7, 11) is 1.11. The largest absolute Gasteiger partial charge is 0.756 e. The highest BCUT2D eigenvalue weighted by atomic mass is 31.2. The number of phosphoric acid groups is 1. The van der Waals surface area contributed by atoms with Crippen molar-refractivity contribution in [2.45, 2.75) is 173 Å². The van der Waals surface area contributed by atoms with Gasteiger partial charge in [-0.25, -0.2) is 0 Å². The lowest BCUT2D eigenvalue weighted by molar-refractivity contribution is -0.870. The van der Waals surface area contributed by atoms with Gasteiger partial charge in [-0.2, -0.15) is 0 Å². The Morgan fingerprint density at radius 2 is 1.18 bits per heavy atom. The van der Waals surface area contributed by atoms with Gasteiger partial charge in [0.15, 0.2) is 6.10 Å². The molecular weight excluding hydrogens is 741 g/mol. The van der Waals surface area contributed by atoms with E-state index in [2.05, 4.69) is 68.5 Å². The van der Waals surface area contributed by atoms with E-state index in [4.69, 9.17) is 23.3 Å². The monoisotopic (exact) mass is 822 g/mol. The molecule has 10 nitrogen and oxygen atoms in total. The molecule has 0 amide bonds. The lowest BCUT2D eigenvalue weighted by Crippen LogP contribution is -2.37. The van der Waals surface area contributed by atoms with Crippen molar-refractivity contribution in [2.75, 3.05) is 47.5 Å². The Bertz CT molecular complexity index is 1220. The zero-order chi connectivity index (χ0) is 41.9. The maximum atomic E-state index is 12.7. The average Bonchev–Trinajstić information content (AvgIpc) is 3.91. The van der Waals surface area contributed by atoms with E-state index in [1.54, 1.807) is 0 Å². The molecule has 1 heterocycles. The summed E-state index contributed by atoms with van der Waals surface area (Å²) < 4.78 is 39.5. The first-order valence-corrected chi connectivity index (χ1v) is 23.6. The maximum Gasteiger partial charge on any atom is 0.306 e. The quantitative estimate of drug-likeness (QED) is 0.0149. The normalized spacial score (nSPS) is 17.7. The molecular formula is C46H80NO9P. The summed E-state index contributed by atoms with van der Waals surface area (Å²) in [6.07, 6.45) is 42.9. The van der Waals surface area contributed by atoms with Gasteiger partial charge in [0.2, 0.25) is 0 Å². The third kappa shape index (κ3) is 35.3. The molecule has 0 spiro atoms. The lowest BCUT2D eigenvalue weighted by Gasteiger charge is -2.28. The Kier molecular flexibility index (Phi) is 31.9. The number of phosphoric ester groups is 1. The highest BCUT2D eigenvalue weighted by molar-refractivity contribution is 7.45. The molecule has 0 aromatic rings. The summed E-state index contributed by atoms with van der Waals surface area (Å²) >= 11 is 0. The zero-order valence-corrected chi connectivity index (χ0v) is 37.4. The smallest absolute Gasteiger partial charge is 0.306 e. The van der Waals surface area contributed by atoms with Crippen molar-refractivity contribution in [1.29, 1.82) is 0 Å². The molecule has 328 valence electrons. The minimum absolute atomic E-state index is 0.0474. The summed E-state index contributed by atoms with van der Waals surface area (Å²) in [4.78, 5) is 37.5. The van der Waals surface area contributed by atoms with Crippen molar-refractivity contribution >= 4 is 19.8 Å². The molecule has 1 fully saturated rings. The van der Waals surface area contributed by atoms with Crippen molar-refractivity contribution < 1.29 is 46.8 Å². The van der Waals surface area contributed by atoms with Crippen LogP contribution < -0.4 is 4.89 Å². The van der Waals surface area contributed by atoms with Crippen LogP contribution in [0.15, 0.2) is 60.8 Å². The topological polar surface area (TPSA) is 124 Å². The molecule has 0 aromatic heterocycles. The fourth-order valence-electron chi connectivity index (χ4n) is 5.84. The van der Waals surface area contributed by atoms with Crippen LogP contribution in [0.1, 0.15) is 155 Å². The highest BCUT2D eigenvalue weighted by Gasteiger charge is 2.36. The first kappa shape index (κ1) is 52.7. The van der Waals surface area contributed by atoms with E-state index in [1.807, 2.05) is 27.2 Å². The fourth-order valence-corrected chi connectivity index (χ4v) is 6.57. The minimum Gasteiger partial charge on any atom is -0.756 e. The predicted molar refractivity (Wildman–Crippen MR) is 231 cm³/mol. The Labute approximate surface area is 347 Å². The molecule has 4 atom stereocenters. The Balaban J connectivity index is 2.33. The molecule has 0 N–H and O–H groups in total. The van der Waals surface area contributed by atoms with Crippen molar-refractivity contribution in [1.82, 2.24) is 0 Å². The van der Waals surface area contributed by atoms with E-state index in [9.17, 15) is 19.0 Å². The summed E-state index contributed by atoms with van der Waals surface area (Å²) in [5.74, 6) is -0.922. The number of hydrogen-bond donors (Lipinski definition) is 0.